The van der Waals surface area contributed by atoms with Gasteiger partial charge in [0.15, 0.2) is 6.61 Å². The molecule has 43 heavy (non-hydrogen) atoms. The minimum Gasteiger partial charge on any atom is -0.452 e. The molecular weight excluding hydrogens is 550 g/mol. The summed E-state index contributed by atoms with van der Waals surface area (Å²) in [7, 11) is 0. The third kappa shape index (κ3) is 4.10. The molecule has 1 N–H and O–H groups in total. The third-order valence-corrected chi connectivity index (χ3v) is 8.49. The molecule has 4 aromatic rings. The monoisotopic (exact) mass is 573 g/mol. The van der Waals surface area contributed by atoms with Crippen molar-refractivity contribution in [3.05, 3.63) is 135 Å². The Morgan fingerprint density at radius 2 is 1.30 bits per heavy atom. The Morgan fingerprint density at radius 3 is 1.86 bits per heavy atom. The van der Waals surface area contributed by atoms with Crippen LogP contribution in [0.1, 0.15) is 44.4 Å². The number of nitro benzene ring substituents is 1. The summed E-state index contributed by atoms with van der Waals surface area (Å²) in [5.41, 5.74) is 4.19. The average Bonchev–Trinajstić information content (AvgIpc) is 3.29. The fourth-order valence-electron chi connectivity index (χ4n) is 6.86. The molecule has 2 bridgehead atoms. The van der Waals surface area contributed by atoms with Crippen LogP contribution in [0.4, 0.5) is 17.1 Å². The molecule has 0 saturated carbocycles. The molecule has 10 nitrogen and oxygen atoms in total. The molecule has 8 rings (SSSR count). The van der Waals surface area contributed by atoms with E-state index in [2.05, 4.69) is 5.32 Å². The minimum absolute atomic E-state index is 0.0339. The molecule has 1 heterocycles. The lowest BCUT2D eigenvalue weighted by molar-refractivity contribution is -0.384. The molecule has 10 heteroatoms. The number of nitrogens with zero attached hydrogens (tertiary/aromatic N) is 2. The summed E-state index contributed by atoms with van der Waals surface area (Å²) in [5.74, 6) is -4.18. The number of ether oxygens (including phenoxy) is 1. The number of anilines is 2. The second-order valence-electron chi connectivity index (χ2n) is 10.7. The SMILES string of the molecule is O=C(COC(=O)c1ccccc1N1C(=O)[C@@H]2C3c4ccccc4C(c4ccccc43)[C@@H]2C1=O)Nc1cccc([N+](=O)[O-])c1. The normalized spacial score (nSPS) is 21.1. The number of carbonyl (C=O) groups is 4. The van der Waals surface area contributed by atoms with Crippen LogP contribution < -0.4 is 10.2 Å². The van der Waals surface area contributed by atoms with Gasteiger partial charge in [0.25, 0.3) is 11.6 Å². The van der Waals surface area contributed by atoms with Gasteiger partial charge in [0.1, 0.15) is 0 Å². The number of imide groups is 1. The Kier molecular flexibility index (Phi) is 6.12. The second-order valence-corrected chi connectivity index (χ2v) is 10.7. The van der Waals surface area contributed by atoms with Gasteiger partial charge in [-0.25, -0.2) is 9.69 Å². The number of hydrogen-bond acceptors (Lipinski definition) is 7. The van der Waals surface area contributed by atoms with Crippen molar-refractivity contribution in [1.82, 2.24) is 0 Å². The Morgan fingerprint density at radius 1 is 0.767 bits per heavy atom. The van der Waals surface area contributed by atoms with Crippen molar-refractivity contribution in [1.29, 1.82) is 0 Å². The third-order valence-electron chi connectivity index (χ3n) is 8.49. The van der Waals surface area contributed by atoms with Gasteiger partial charge in [-0.2, -0.15) is 0 Å². The van der Waals surface area contributed by atoms with Crippen LogP contribution in [0.5, 0.6) is 0 Å². The quantitative estimate of drug-likeness (QED) is 0.152. The van der Waals surface area contributed by atoms with E-state index >= 15 is 0 Å². The number of carbonyl (C=O) groups excluding carboxylic acids is 4. The summed E-state index contributed by atoms with van der Waals surface area (Å²) in [6.45, 7) is -0.683. The van der Waals surface area contributed by atoms with Crippen molar-refractivity contribution in [3.63, 3.8) is 0 Å². The molecule has 0 aromatic heterocycles. The van der Waals surface area contributed by atoms with Crippen molar-refractivity contribution < 1.29 is 28.8 Å². The Bertz CT molecular complexity index is 1750. The highest BCUT2D eigenvalue weighted by Gasteiger charge is 2.62. The number of nitrogens with one attached hydrogen (secondary N) is 1. The Balaban J connectivity index is 1.15. The lowest BCUT2D eigenvalue weighted by Gasteiger charge is -2.45. The van der Waals surface area contributed by atoms with Gasteiger partial charge in [-0.1, -0.05) is 66.7 Å². The zero-order chi connectivity index (χ0) is 29.8. The minimum atomic E-state index is -0.894. The van der Waals surface area contributed by atoms with Crippen LogP contribution >= 0.6 is 0 Å². The molecule has 3 aliphatic carbocycles. The number of nitro groups is 1. The standard InChI is InChI=1S/C33H23N3O7/c37-26(34-18-8-7-9-19(16-18)36(41)42)17-43-33(40)24-14-5-6-15-25(24)35-31(38)29-27-20-10-1-2-11-21(20)28(30(29)32(35)39)23-13-4-3-12-22(23)27/h1-16,27-30H,17H2,(H,34,37)/t27?,28?,29-,30+. The molecule has 1 saturated heterocycles. The summed E-state index contributed by atoms with van der Waals surface area (Å²) in [6.07, 6.45) is 0. The maximum atomic E-state index is 14.1. The van der Waals surface area contributed by atoms with Gasteiger partial charge < -0.3 is 10.1 Å². The van der Waals surface area contributed by atoms with Gasteiger partial charge in [-0.15, -0.1) is 0 Å². The molecule has 0 spiro atoms. The van der Waals surface area contributed by atoms with E-state index in [1.165, 1.54) is 36.4 Å². The van der Waals surface area contributed by atoms with E-state index in [1.54, 1.807) is 12.1 Å². The average molecular weight is 574 g/mol. The van der Waals surface area contributed by atoms with Gasteiger partial charge in [0, 0.05) is 29.7 Å². The van der Waals surface area contributed by atoms with Gasteiger partial charge in [-0.05, 0) is 40.5 Å². The summed E-state index contributed by atoms with van der Waals surface area (Å²) in [5, 5.41) is 13.5. The van der Waals surface area contributed by atoms with E-state index < -0.39 is 35.2 Å². The van der Waals surface area contributed by atoms with Gasteiger partial charge >= 0.3 is 5.97 Å². The Hall–Kier alpha value is -5.64. The predicted molar refractivity (Wildman–Crippen MR) is 154 cm³/mol. The largest absolute Gasteiger partial charge is 0.452 e. The zero-order valence-electron chi connectivity index (χ0n) is 22.5. The predicted octanol–water partition coefficient (Wildman–Crippen LogP) is 4.79. The Labute approximate surface area is 245 Å². The first-order chi connectivity index (χ1) is 20.8. The van der Waals surface area contributed by atoms with Crippen molar-refractivity contribution in [3.8, 4) is 0 Å². The van der Waals surface area contributed by atoms with Crippen LogP contribution in [-0.2, 0) is 19.1 Å². The topological polar surface area (TPSA) is 136 Å². The molecule has 212 valence electrons. The lowest BCUT2D eigenvalue weighted by atomic mass is 9.55. The number of para-hydroxylation sites is 1. The molecular formula is C33H23N3O7. The number of esters is 1. The van der Waals surface area contributed by atoms with Crippen LogP contribution in [0.2, 0.25) is 0 Å². The van der Waals surface area contributed by atoms with Crippen LogP contribution in [0.15, 0.2) is 97.1 Å². The zero-order valence-corrected chi connectivity index (χ0v) is 22.5. The number of rotatable bonds is 6. The number of hydrogen-bond donors (Lipinski definition) is 1. The molecule has 0 radical (unpaired) electrons. The summed E-state index contributed by atoms with van der Waals surface area (Å²) in [4.78, 5) is 65.4. The first kappa shape index (κ1) is 26.3. The smallest absolute Gasteiger partial charge is 0.340 e. The molecule has 4 aromatic carbocycles. The highest BCUT2D eigenvalue weighted by Crippen LogP contribution is 2.61. The molecule has 1 aliphatic heterocycles. The molecule has 0 unspecified atom stereocenters. The van der Waals surface area contributed by atoms with Gasteiger partial charge in [0.2, 0.25) is 11.8 Å². The van der Waals surface area contributed by atoms with Crippen LogP contribution in [0.25, 0.3) is 0 Å². The van der Waals surface area contributed by atoms with Crippen molar-refractivity contribution in [2.24, 2.45) is 11.8 Å². The molecule has 4 aliphatic rings. The van der Waals surface area contributed by atoms with Gasteiger partial charge in [0.05, 0.1) is 28.0 Å². The van der Waals surface area contributed by atoms with E-state index in [0.717, 1.165) is 27.2 Å². The van der Waals surface area contributed by atoms with E-state index in [1.807, 2.05) is 48.5 Å². The fourth-order valence-corrected chi connectivity index (χ4v) is 6.86. The summed E-state index contributed by atoms with van der Waals surface area (Å²) < 4.78 is 5.25. The lowest BCUT2D eigenvalue weighted by Crippen LogP contribution is -2.41. The van der Waals surface area contributed by atoms with Gasteiger partial charge in [-0.3, -0.25) is 24.5 Å². The first-order valence-corrected chi connectivity index (χ1v) is 13.7. The summed E-state index contributed by atoms with van der Waals surface area (Å²) >= 11 is 0. The number of benzene rings is 4. The maximum absolute atomic E-state index is 14.1. The van der Waals surface area contributed by atoms with Crippen LogP contribution in [0, 0.1) is 22.0 Å². The maximum Gasteiger partial charge on any atom is 0.340 e. The molecule has 2 atom stereocenters. The van der Waals surface area contributed by atoms with E-state index in [0.29, 0.717) is 0 Å². The highest BCUT2D eigenvalue weighted by atomic mass is 16.6. The molecule has 1 fully saturated rings. The fraction of sp³-hybridized carbons (Fsp3) is 0.152. The van der Waals surface area contributed by atoms with E-state index in [9.17, 15) is 29.3 Å². The van der Waals surface area contributed by atoms with E-state index in [-0.39, 0.29) is 46.3 Å². The number of non-ortho nitro benzene ring substituents is 1. The number of amides is 3. The van der Waals surface area contributed by atoms with Crippen LogP contribution in [-0.4, -0.2) is 35.2 Å². The second kappa shape index (κ2) is 10.0. The highest BCUT2D eigenvalue weighted by molar-refractivity contribution is 6.25. The first-order valence-electron chi connectivity index (χ1n) is 13.7. The van der Waals surface area contributed by atoms with Crippen molar-refractivity contribution in [2.45, 2.75) is 11.8 Å². The van der Waals surface area contributed by atoms with Crippen LogP contribution in [0.3, 0.4) is 0 Å². The van der Waals surface area contributed by atoms with E-state index in [4.69, 9.17) is 4.74 Å². The van der Waals surface area contributed by atoms with Crippen molar-refractivity contribution in [2.75, 3.05) is 16.8 Å². The summed E-state index contributed by atoms with van der Waals surface area (Å²) in [6, 6.07) is 27.4. The van der Waals surface area contributed by atoms with Crippen molar-refractivity contribution >= 4 is 40.8 Å². The molecule has 3 amide bonds.